The van der Waals surface area contributed by atoms with Crippen LogP contribution in [0.25, 0.3) is 0 Å². The van der Waals surface area contributed by atoms with Gasteiger partial charge in [0.2, 0.25) is 0 Å². The van der Waals surface area contributed by atoms with Gasteiger partial charge in [-0.3, -0.25) is 18.3 Å². The molecule has 0 aromatic carbocycles. The molecule has 168 valence electrons. The van der Waals surface area contributed by atoms with E-state index in [-0.39, 0.29) is 32.1 Å². The van der Waals surface area contributed by atoms with E-state index in [2.05, 4.69) is 50.2 Å². The van der Waals surface area contributed by atoms with Gasteiger partial charge in [0.15, 0.2) is 0 Å². The number of aliphatic hydroxyl groups excluding tert-OH is 2. The number of halogens is 2. The lowest BCUT2D eigenvalue weighted by Crippen LogP contribution is -2.09. The number of aliphatic hydroxyl groups is 2. The van der Waals surface area contributed by atoms with E-state index < -0.39 is 20.2 Å². The van der Waals surface area contributed by atoms with E-state index in [1.807, 2.05) is 0 Å². The van der Waals surface area contributed by atoms with Crippen LogP contribution in [0.15, 0.2) is 33.5 Å². The molecule has 0 unspecified atom stereocenters. The first-order valence-corrected chi connectivity index (χ1v) is 13.2. The van der Waals surface area contributed by atoms with Gasteiger partial charge >= 0.3 is 0 Å². The Bertz CT molecular complexity index is 1060. The van der Waals surface area contributed by atoms with Crippen LogP contribution < -0.4 is 0 Å². The first kappa shape index (κ1) is 27.0. The number of nitrogens with zero attached hydrogens (tertiary/aromatic N) is 2. The van der Waals surface area contributed by atoms with Crippen LogP contribution in [-0.4, -0.2) is 49.5 Å². The van der Waals surface area contributed by atoms with Crippen LogP contribution in [0.2, 0.25) is 0 Å². The maximum absolute atomic E-state index is 10.9. The number of hydrogen-bond donors (Lipinski definition) is 2. The van der Waals surface area contributed by atoms with Crippen molar-refractivity contribution in [3.8, 4) is 0 Å². The zero-order valence-electron chi connectivity index (χ0n) is 15.9. The Balaban J connectivity index is 0.000000346. The van der Waals surface area contributed by atoms with Crippen LogP contribution in [-0.2, 0) is 55.0 Å². The summed E-state index contributed by atoms with van der Waals surface area (Å²) in [5.41, 5.74) is 1.89. The van der Waals surface area contributed by atoms with Crippen molar-refractivity contribution in [3.63, 3.8) is 0 Å². The molecule has 0 spiro atoms. The second-order valence-corrected chi connectivity index (χ2v) is 10.9. The van der Waals surface area contributed by atoms with Gasteiger partial charge in [0, 0.05) is 32.5 Å². The minimum atomic E-state index is -3.60. The number of aromatic nitrogens is 2. The van der Waals surface area contributed by atoms with Crippen molar-refractivity contribution >= 4 is 52.1 Å². The molecule has 10 nitrogen and oxygen atoms in total. The van der Waals surface area contributed by atoms with E-state index in [9.17, 15) is 16.8 Å². The van der Waals surface area contributed by atoms with E-state index in [1.54, 1.807) is 18.3 Å². The largest absolute Gasteiger partial charge is 0.392 e. The molecule has 0 amide bonds. The highest BCUT2D eigenvalue weighted by atomic mass is 79.9. The monoisotopic (exact) mass is 590 g/mol. The Kier molecular flexibility index (Phi) is 10.9. The molecule has 0 radical (unpaired) electrons. The molecule has 0 aliphatic heterocycles. The molecule has 0 saturated heterocycles. The maximum Gasteiger partial charge on any atom is 0.264 e. The van der Waals surface area contributed by atoms with Gasteiger partial charge in [0.1, 0.15) is 6.61 Å². The maximum atomic E-state index is 10.9. The van der Waals surface area contributed by atoms with Crippen molar-refractivity contribution in [2.75, 3.05) is 12.5 Å². The molecule has 0 fully saturated rings. The van der Waals surface area contributed by atoms with Gasteiger partial charge < -0.3 is 10.2 Å². The van der Waals surface area contributed by atoms with Crippen molar-refractivity contribution in [2.45, 2.75) is 26.4 Å². The smallest absolute Gasteiger partial charge is 0.264 e. The summed E-state index contributed by atoms with van der Waals surface area (Å²) in [5, 5.41) is 17.6. The summed E-state index contributed by atoms with van der Waals surface area (Å²) in [6, 6.07) is 3.32. The summed E-state index contributed by atoms with van der Waals surface area (Å²) in [7, 11) is -7.20. The van der Waals surface area contributed by atoms with Crippen molar-refractivity contribution in [3.05, 3.63) is 56.0 Å². The molecule has 2 N–H and O–H groups in total. The second kappa shape index (κ2) is 12.1. The first-order chi connectivity index (χ1) is 13.8. The first-order valence-electron chi connectivity index (χ1n) is 8.01. The SMILES string of the molecule is CS(=O)(=O)OCc1cc(Br)cnc1COS(C)(=O)=O.OCc1cc(Br)cnc1CO. The van der Waals surface area contributed by atoms with E-state index in [4.69, 9.17) is 10.2 Å². The summed E-state index contributed by atoms with van der Waals surface area (Å²) < 4.78 is 54.4. The lowest BCUT2D eigenvalue weighted by molar-refractivity contribution is 0.255. The molecule has 2 rings (SSSR count). The summed E-state index contributed by atoms with van der Waals surface area (Å²) in [6.45, 7) is -0.756. The van der Waals surface area contributed by atoms with E-state index in [0.717, 1.165) is 17.0 Å². The topological polar surface area (TPSA) is 153 Å². The van der Waals surface area contributed by atoms with Crippen molar-refractivity contribution < 1.29 is 35.4 Å². The number of rotatable bonds is 8. The molecule has 2 heterocycles. The van der Waals surface area contributed by atoms with E-state index in [1.165, 1.54) is 6.20 Å². The molecule has 30 heavy (non-hydrogen) atoms. The molecular formula is C16H20Br2N2O8S2. The fourth-order valence-electron chi connectivity index (χ4n) is 1.89. The van der Waals surface area contributed by atoms with Crippen LogP contribution in [0.1, 0.15) is 22.5 Å². The van der Waals surface area contributed by atoms with E-state index in [0.29, 0.717) is 21.3 Å². The molecule has 2 aromatic heterocycles. The Morgan fingerprint density at radius 2 is 1.27 bits per heavy atom. The molecule has 0 aliphatic carbocycles. The highest BCUT2D eigenvalue weighted by molar-refractivity contribution is 9.10. The highest BCUT2D eigenvalue weighted by Crippen LogP contribution is 2.17. The van der Waals surface area contributed by atoms with Gasteiger partial charge in [-0.05, 0) is 44.0 Å². The van der Waals surface area contributed by atoms with Gasteiger partial charge in [-0.1, -0.05) is 0 Å². The number of hydrogen-bond acceptors (Lipinski definition) is 10. The Morgan fingerprint density at radius 3 is 1.73 bits per heavy atom. The van der Waals surface area contributed by atoms with Gasteiger partial charge in [-0.2, -0.15) is 16.8 Å². The van der Waals surface area contributed by atoms with Crippen LogP contribution >= 0.6 is 31.9 Å². The zero-order chi connectivity index (χ0) is 22.9. The Hall–Kier alpha value is -1.00. The van der Waals surface area contributed by atoms with Crippen LogP contribution in [0.5, 0.6) is 0 Å². The molecule has 2 aromatic rings. The second-order valence-electron chi connectivity index (χ2n) is 5.77. The highest BCUT2D eigenvalue weighted by Gasteiger charge is 2.12. The average Bonchev–Trinajstić information content (AvgIpc) is 2.64. The quantitative estimate of drug-likeness (QED) is 0.433. The van der Waals surface area contributed by atoms with Crippen LogP contribution in [0.3, 0.4) is 0 Å². The molecule has 0 bridgehead atoms. The molecule has 14 heteroatoms. The average molecular weight is 592 g/mol. The standard InChI is InChI=1S/C9H12BrNO6S2.C7H8BrNO2/c1-18(12,13)16-5-7-3-8(10)4-11-9(7)6-17-19(2,14)15;8-6-1-5(3-10)7(4-11)9-2-6/h3-4H,5-6H2,1-2H3;1-2,10-11H,3-4H2. The van der Waals surface area contributed by atoms with Crippen LogP contribution in [0.4, 0.5) is 0 Å². The zero-order valence-corrected chi connectivity index (χ0v) is 20.8. The molecule has 0 atom stereocenters. The number of pyridine rings is 2. The normalized spacial score (nSPS) is 11.7. The Labute approximate surface area is 191 Å². The lowest BCUT2D eigenvalue weighted by Gasteiger charge is -2.08. The minimum Gasteiger partial charge on any atom is -0.392 e. The fraction of sp³-hybridized carbons (Fsp3) is 0.375. The van der Waals surface area contributed by atoms with Crippen molar-refractivity contribution in [1.29, 1.82) is 0 Å². The predicted molar refractivity (Wildman–Crippen MR) is 115 cm³/mol. The van der Waals surface area contributed by atoms with Gasteiger partial charge in [-0.25, -0.2) is 0 Å². The summed E-state index contributed by atoms with van der Waals surface area (Å²) in [4.78, 5) is 7.88. The fourth-order valence-corrected chi connectivity index (χ4v) is 3.31. The van der Waals surface area contributed by atoms with Gasteiger partial charge in [0.05, 0.1) is 43.7 Å². The third kappa shape index (κ3) is 10.9. The Morgan fingerprint density at radius 1 is 0.800 bits per heavy atom. The lowest BCUT2D eigenvalue weighted by atomic mass is 10.2. The minimum absolute atomic E-state index is 0.0949. The summed E-state index contributed by atoms with van der Waals surface area (Å²) in [5.74, 6) is 0. The van der Waals surface area contributed by atoms with Crippen molar-refractivity contribution in [1.82, 2.24) is 9.97 Å². The van der Waals surface area contributed by atoms with Crippen LogP contribution in [0, 0.1) is 0 Å². The molecular weight excluding hydrogens is 572 g/mol. The molecule has 0 aliphatic rings. The summed E-state index contributed by atoms with van der Waals surface area (Å²) >= 11 is 6.39. The third-order valence-electron chi connectivity index (χ3n) is 3.21. The van der Waals surface area contributed by atoms with Crippen molar-refractivity contribution in [2.24, 2.45) is 0 Å². The van der Waals surface area contributed by atoms with Gasteiger partial charge in [-0.15, -0.1) is 0 Å². The molecule has 0 saturated carbocycles. The summed E-state index contributed by atoms with van der Waals surface area (Å²) in [6.07, 6.45) is 4.87. The van der Waals surface area contributed by atoms with E-state index >= 15 is 0 Å². The van der Waals surface area contributed by atoms with Gasteiger partial charge in [0.25, 0.3) is 20.2 Å². The third-order valence-corrected chi connectivity index (χ3v) is 5.17. The predicted octanol–water partition coefficient (Wildman–Crippen LogP) is 1.63.